The van der Waals surface area contributed by atoms with Crippen LogP contribution < -0.4 is 0 Å². The summed E-state index contributed by atoms with van der Waals surface area (Å²) in [5, 5.41) is 0. The predicted octanol–water partition coefficient (Wildman–Crippen LogP) is 3.54. The van der Waals surface area contributed by atoms with Gasteiger partial charge in [0.2, 0.25) is 0 Å². The highest BCUT2D eigenvalue weighted by atomic mass is 16.6. The second-order valence-corrected chi connectivity index (χ2v) is 4.69. The molecule has 0 fully saturated rings. The van der Waals surface area contributed by atoms with Gasteiger partial charge in [-0.1, -0.05) is 33.6 Å². The largest absolute Gasteiger partial charge is 0.459 e. The molecule has 0 aliphatic heterocycles. The van der Waals surface area contributed by atoms with Crippen molar-refractivity contribution in [1.82, 2.24) is 0 Å². The molecule has 0 aromatic heterocycles. The number of hydrogen-bond donors (Lipinski definition) is 0. The van der Waals surface area contributed by atoms with Gasteiger partial charge in [0.1, 0.15) is 5.60 Å². The smallest absolute Gasteiger partial charge is 0.306 e. The lowest BCUT2D eigenvalue weighted by Gasteiger charge is -2.29. The highest BCUT2D eigenvalue weighted by molar-refractivity contribution is 5.69. The molecule has 0 spiro atoms. The second kappa shape index (κ2) is 6.05. The van der Waals surface area contributed by atoms with E-state index in [-0.39, 0.29) is 11.6 Å². The van der Waals surface area contributed by atoms with Crippen LogP contribution >= 0.6 is 0 Å². The second-order valence-electron chi connectivity index (χ2n) is 4.69. The van der Waals surface area contributed by atoms with E-state index in [1.54, 1.807) is 0 Å². The number of carbonyl (C=O) groups is 1. The van der Waals surface area contributed by atoms with Crippen molar-refractivity contribution in [2.24, 2.45) is 5.92 Å². The van der Waals surface area contributed by atoms with Gasteiger partial charge < -0.3 is 4.74 Å². The SMILES string of the molecule is CCCCCC(=O)OC(C)(C)C(C)C. The molecule has 0 rings (SSSR count). The molecule has 0 atom stereocenters. The monoisotopic (exact) mass is 200 g/mol. The van der Waals surface area contributed by atoms with Crippen LogP contribution in [0.1, 0.15) is 60.3 Å². The minimum Gasteiger partial charge on any atom is -0.459 e. The zero-order valence-corrected chi connectivity index (χ0v) is 10.2. The van der Waals surface area contributed by atoms with Crippen LogP contribution in [0.2, 0.25) is 0 Å². The molecule has 0 aliphatic rings. The fourth-order valence-corrected chi connectivity index (χ4v) is 0.982. The van der Waals surface area contributed by atoms with Gasteiger partial charge in [0.05, 0.1) is 0 Å². The van der Waals surface area contributed by atoms with Crippen LogP contribution in [0.5, 0.6) is 0 Å². The van der Waals surface area contributed by atoms with Gasteiger partial charge in [-0.2, -0.15) is 0 Å². The Morgan fingerprint density at radius 3 is 2.29 bits per heavy atom. The Morgan fingerprint density at radius 1 is 1.29 bits per heavy atom. The van der Waals surface area contributed by atoms with E-state index in [1.165, 1.54) is 0 Å². The van der Waals surface area contributed by atoms with E-state index in [1.807, 2.05) is 13.8 Å². The molecule has 14 heavy (non-hydrogen) atoms. The molecular formula is C12H24O2. The van der Waals surface area contributed by atoms with Crippen molar-refractivity contribution in [1.29, 1.82) is 0 Å². The third-order valence-electron chi connectivity index (χ3n) is 2.75. The first-order valence-electron chi connectivity index (χ1n) is 5.62. The Morgan fingerprint density at radius 2 is 1.86 bits per heavy atom. The third kappa shape index (κ3) is 5.25. The van der Waals surface area contributed by atoms with Gasteiger partial charge in [0, 0.05) is 6.42 Å². The van der Waals surface area contributed by atoms with Crippen molar-refractivity contribution >= 4 is 5.97 Å². The maximum Gasteiger partial charge on any atom is 0.306 e. The van der Waals surface area contributed by atoms with Gasteiger partial charge in [0.25, 0.3) is 0 Å². The minimum absolute atomic E-state index is 0.0582. The zero-order valence-electron chi connectivity index (χ0n) is 10.2. The Kier molecular flexibility index (Phi) is 5.82. The van der Waals surface area contributed by atoms with Crippen molar-refractivity contribution in [3.8, 4) is 0 Å². The predicted molar refractivity (Wildman–Crippen MR) is 59.2 cm³/mol. The van der Waals surface area contributed by atoms with E-state index in [2.05, 4.69) is 20.8 Å². The first-order valence-corrected chi connectivity index (χ1v) is 5.62. The van der Waals surface area contributed by atoms with Crippen LogP contribution in [0.15, 0.2) is 0 Å². The summed E-state index contributed by atoms with van der Waals surface area (Å²) in [6.07, 6.45) is 3.76. The van der Waals surface area contributed by atoms with Gasteiger partial charge in [-0.15, -0.1) is 0 Å². The van der Waals surface area contributed by atoms with Gasteiger partial charge in [0.15, 0.2) is 0 Å². The van der Waals surface area contributed by atoms with Crippen molar-refractivity contribution in [3.63, 3.8) is 0 Å². The number of unbranched alkanes of at least 4 members (excludes halogenated alkanes) is 2. The Balaban J connectivity index is 3.82. The summed E-state index contributed by atoms with van der Waals surface area (Å²) in [5.74, 6) is 0.301. The lowest BCUT2D eigenvalue weighted by molar-refractivity contribution is -0.160. The van der Waals surface area contributed by atoms with Crippen LogP contribution in [0.25, 0.3) is 0 Å². The van der Waals surface area contributed by atoms with Crippen molar-refractivity contribution in [2.45, 2.75) is 65.9 Å². The summed E-state index contributed by atoms with van der Waals surface area (Å²) in [5.41, 5.74) is -0.330. The summed E-state index contributed by atoms with van der Waals surface area (Å²) < 4.78 is 5.41. The molecule has 0 bridgehead atoms. The van der Waals surface area contributed by atoms with Crippen LogP contribution in [-0.4, -0.2) is 11.6 Å². The number of rotatable bonds is 6. The third-order valence-corrected chi connectivity index (χ3v) is 2.75. The van der Waals surface area contributed by atoms with E-state index >= 15 is 0 Å². The molecule has 0 saturated carbocycles. The molecule has 2 nitrogen and oxygen atoms in total. The molecule has 0 radical (unpaired) electrons. The van der Waals surface area contributed by atoms with Crippen LogP contribution in [0, 0.1) is 5.92 Å². The summed E-state index contributed by atoms with van der Waals surface area (Å²) >= 11 is 0. The molecule has 84 valence electrons. The van der Waals surface area contributed by atoms with E-state index in [4.69, 9.17) is 4.74 Å². The highest BCUT2D eigenvalue weighted by Crippen LogP contribution is 2.21. The summed E-state index contributed by atoms with van der Waals surface area (Å²) in [6.45, 7) is 10.2. The number of esters is 1. The standard InChI is InChI=1S/C12H24O2/c1-6-7-8-9-11(13)14-12(4,5)10(2)3/h10H,6-9H2,1-5H3. The van der Waals surface area contributed by atoms with Crippen LogP contribution in [0.4, 0.5) is 0 Å². The molecule has 0 N–H and O–H groups in total. The Hall–Kier alpha value is -0.530. The average molecular weight is 200 g/mol. The molecule has 0 amide bonds. The Bertz CT molecular complexity index is 171. The molecule has 0 heterocycles. The number of ether oxygens (including phenoxy) is 1. The van der Waals surface area contributed by atoms with Crippen molar-refractivity contribution < 1.29 is 9.53 Å². The quantitative estimate of drug-likeness (QED) is 0.484. The maximum absolute atomic E-state index is 11.4. The topological polar surface area (TPSA) is 26.3 Å². The fourth-order valence-electron chi connectivity index (χ4n) is 0.982. The van der Waals surface area contributed by atoms with Gasteiger partial charge in [-0.05, 0) is 26.2 Å². The molecule has 0 aliphatic carbocycles. The highest BCUT2D eigenvalue weighted by Gasteiger charge is 2.26. The van der Waals surface area contributed by atoms with E-state index in [0.29, 0.717) is 12.3 Å². The molecule has 0 unspecified atom stereocenters. The first kappa shape index (κ1) is 13.5. The Labute approximate surface area is 88.0 Å². The molecule has 0 aromatic carbocycles. The molecule has 2 heteroatoms. The van der Waals surface area contributed by atoms with Gasteiger partial charge in [-0.25, -0.2) is 0 Å². The van der Waals surface area contributed by atoms with E-state index < -0.39 is 0 Å². The van der Waals surface area contributed by atoms with Gasteiger partial charge in [-0.3, -0.25) is 4.79 Å². The first-order chi connectivity index (χ1) is 6.40. The fraction of sp³-hybridized carbons (Fsp3) is 0.917. The lowest BCUT2D eigenvalue weighted by Crippen LogP contribution is -2.33. The summed E-state index contributed by atoms with van der Waals surface area (Å²) in [4.78, 5) is 11.4. The minimum atomic E-state index is -0.330. The average Bonchev–Trinajstić information content (AvgIpc) is 2.03. The number of hydrogen-bond acceptors (Lipinski definition) is 2. The zero-order chi connectivity index (χ0) is 11.2. The summed E-state index contributed by atoms with van der Waals surface area (Å²) in [6, 6.07) is 0. The van der Waals surface area contributed by atoms with Gasteiger partial charge >= 0.3 is 5.97 Å². The molecule has 0 saturated heterocycles. The lowest BCUT2D eigenvalue weighted by atomic mass is 9.94. The normalized spacial score (nSPS) is 11.9. The van der Waals surface area contributed by atoms with Crippen molar-refractivity contribution in [3.05, 3.63) is 0 Å². The number of carbonyl (C=O) groups excluding carboxylic acids is 1. The molecule has 0 aromatic rings. The summed E-state index contributed by atoms with van der Waals surface area (Å²) in [7, 11) is 0. The van der Waals surface area contributed by atoms with Crippen LogP contribution in [-0.2, 0) is 9.53 Å². The van der Waals surface area contributed by atoms with E-state index in [9.17, 15) is 4.79 Å². The van der Waals surface area contributed by atoms with Crippen LogP contribution in [0.3, 0.4) is 0 Å². The van der Waals surface area contributed by atoms with Crippen molar-refractivity contribution in [2.75, 3.05) is 0 Å². The van der Waals surface area contributed by atoms with E-state index in [0.717, 1.165) is 19.3 Å². The maximum atomic E-state index is 11.4. The molecular weight excluding hydrogens is 176 g/mol.